The van der Waals surface area contributed by atoms with E-state index in [4.69, 9.17) is 10.5 Å². The van der Waals surface area contributed by atoms with E-state index in [-0.39, 0.29) is 56.8 Å². The minimum absolute atomic E-state index is 0.0529. The summed E-state index contributed by atoms with van der Waals surface area (Å²) in [5, 5.41) is 14.7. The summed E-state index contributed by atoms with van der Waals surface area (Å²) in [7, 11) is -2.89. The van der Waals surface area contributed by atoms with Crippen molar-refractivity contribution in [1.82, 2.24) is 15.2 Å². The third kappa shape index (κ3) is 6.94. The van der Waals surface area contributed by atoms with Gasteiger partial charge in [0.05, 0.1) is 11.5 Å². The summed E-state index contributed by atoms with van der Waals surface area (Å²) in [6.07, 6.45) is 18.6. The molecule has 0 unspecified atom stereocenters. The second-order valence-corrected chi connectivity index (χ2v) is 24.1. The zero-order chi connectivity index (χ0) is 43.1. The van der Waals surface area contributed by atoms with E-state index < -0.39 is 27.1 Å². The van der Waals surface area contributed by atoms with Crippen LogP contribution < -0.4 is 15.8 Å². The fourth-order valence-corrected chi connectivity index (χ4v) is 16.7. The molecule has 10 nitrogen and oxygen atoms in total. The SMILES string of the molecule is C=C(C)[C@@H]1CC[C@]2(NCCN3CCS(=O)(=O)CC3)CC[C@]3(C)[C@H](CC[C@@H]4[C@@]5(C)CC=C(C6=CC[C@@](COc7ncccc7C(N)=O)(C(=O)O)CC6)C(C)(C)[C@@H]5CC[C@]43C)[C@@H]12. The van der Waals surface area contributed by atoms with Crippen LogP contribution in [-0.2, 0) is 14.6 Å². The van der Waals surface area contributed by atoms with Gasteiger partial charge in [0.2, 0.25) is 5.88 Å². The van der Waals surface area contributed by atoms with Gasteiger partial charge in [0.25, 0.3) is 5.91 Å². The summed E-state index contributed by atoms with van der Waals surface area (Å²) in [6, 6.07) is 3.16. The fraction of sp³-hybridized carbons (Fsp3) is 0.735. The number of hydrogen-bond acceptors (Lipinski definition) is 8. The third-order valence-corrected chi connectivity index (χ3v) is 20.5. The van der Waals surface area contributed by atoms with E-state index in [9.17, 15) is 23.1 Å². The van der Waals surface area contributed by atoms with Gasteiger partial charge in [0, 0.05) is 37.9 Å². The molecule has 8 rings (SSSR count). The normalized spacial score (nSPS) is 40.7. The summed E-state index contributed by atoms with van der Waals surface area (Å²) in [5.41, 5.74) is 9.31. The van der Waals surface area contributed by atoms with Gasteiger partial charge in [-0.1, -0.05) is 58.9 Å². The number of fused-ring (bicyclic) bond motifs is 7. The zero-order valence-corrected chi connectivity index (χ0v) is 38.1. The van der Waals surface area contributed by atoms with Gasteiger partial charge in [-0.2, -0.15) is 0 Å². The van der Waals surface area contributed by atoms with Gasteiger partial charge in [-0.15, -0.1) is 0 Å². The number of allylic oxidation sites excluding steroid dienone is 5. The number of aromatic nitrogens is 1. The maximum Gasteiger partial charge on any atom is 0.313 e. The van der Waals surface area contributed by atoms with Crippen LogP contribution in [0.1, 0.15) is 129 Å². The third-order valence-electron chi connectivity index (χ3n) is 18.9. The molecule has 5 fully saturated rings. The van der Waals surface area contributed by atoms with Crippen LogP contribution in [-0.4, -0.2) is 85.1 Å². The van der Waals surface area contributed by atoms with E-state index in [0.29, 0.717) is 61.9 Å². The van der Waals surface area contributed by atoms with Crippen LogP contribution >= 0.6 is 0 Å². The van der Waals surface area contributed by atoms with Gasteiger partial charge in [-0.3, -0.25) is 9.59 Å². The molecule has 1 aliphatic heterocycles. The lowest BCUT2D eigenvalue weighted by molar-refractivity contribution is -0.221. The first kappa shape index (κ1) is 43.6. The van der Waals surface area contributed by atoms with Crippen LogP contribution in [0.2, 0.25) is 0 Å². The second kappa shape index (κ2) is 15.4. The zero-order valence-electron chi connectivity index (χ0n) is 37.3. The van der Waals surface area contributed by atoms with E-state index in [2.05, 4.69) is 75.5 Å². The van der Waals surface area contributed by atoms with Gasteiger partial charge < -0.3 is 25.8 Å². The molecule has 0 spiro atoms. The Kier molecular flexibility index (Phi) is 11.2. The first-order valence-electron chi connectivity index (χ1n) is 23.1. The number of pyridine rings is 1. The molecule has 6 aliphatic carbocycles. The van der Waals surface area contributed by atoms with Crippen LogP contribution in [0.25, 0.3) is 0 Å². The number of carbonyl (C=O) groups is 2. The Morgan fingerprint density at radius 3 is 2.38 bits per heavy atom. The Morgan fingerprint density at radius 1 is 0.967 bits per heavy atom. The van der Waals surface area contributed by atoms with Crippen LogP contribution in [0, 0.1) is 56.7 Å². The minimum Gasteiger partial charge on any atom is -0.481 e. The molecule has 10 atom stereocenters. The summed E-state index contributed by atoms with van der Waals surface area (Å²) >= 11 is 0. The lowest BCUT2D eigenvalue weighted by Crippen LogP contribution is -2.68. The summed E-state index contributed by atoms with van der Waals surface area (Å²) in [4.78, 5) is 31.3. The van der Waals surface area contributed by atoms with Gasteiger partial charge in [0.15, 0.2) is 9.84 Å². The largest absolute Gasteiger partial charge is 0.481 e. The second-order valence-electron chi connectivity index (χ2n) is 21.8. The molecule has 1 saturated heterocycles. The number of primary amides is 1. The smallest absolute Gasteiger partial charge is 0.313 e. The van der Waals surface area contributed by atoms with Crippen molar-refractivity contribution >= 4 is 21.7 Å². The van der Waals surface area contributed by atoms with Crippen molar-refractivity contribution in [3.8, 4) is 5.88 Å². The Balaban J connectivity index is 1.01. The van der Waals surface area contributed by atoms with Crippen LogP contribution in [0.15, 0.2) is 53.8 Å². The Hall–Kier alpha value is -3.02. The standard InChI is InChI=1S/C49H72N4O6S/c1-32(2)34-14-21-49(52-25-26-53-27-29-60(57,58)30-28-53)23-22-46(6)37(40(34)49)10-11-39-45(5)17-15-36(44(3,4)38(45)16-18-47(39,46)7)33-12-19-48(20-13-33,43(55)56)31-59-42-35(41(50)54)9-8-24-51-42/h8-9,12,15,24,34,37-40,52H,1,10-11,13-14,16-23,25-31H2,2-7H3,(H2,50,54)(H,55,56)/t34-,37+,38-,39+,40+,45-,46+,47+,48+,49-/m0/s1. The lowest BCUT2D eigenvalue weighted by Gasteiger charge is -2.72. The molecule has 330 valence electrons. The molecule has 0 radical (unpaired) electrons. The number of rotatable bonds is 11. The number of sulfone groups is 1. The molecular formula is C49H72N4O6S. The first-order chi connectivity index (χ1) is 28.2. The fourth-order valence-electron chi connectivity index (χ4n) is 15.5. The number of nitrogens with one attached hydrogen (secondary N) is 1. The maximum absolute atomic E-state index is 12.8. The molecule has 7 aliphatic rings. The summed E-state index contributed by atoms with van der Waals surface area (Å²) in [6.45, 7) is 22.9. The quantitative estimate of drug-likeness (QED) is 0.188. The van der Waals surface area contributed by atoms with Gasteiger partial charge in [-0.25, -0.2) is 13.4 Å². The number of carbonyl (C=O) groups excluding carboxylic acids is 1. The highest BCUT2D eigenvalue weighted by Gasteiger charge is 2.70. The predicted molar refractivity (Wildman–Crippen MR) is 236 cm³/mol. The Labute approximate surface area is 359 Å². The number of hydrogen-bond donors (Lipinski definition) is 3. The molecule has 60 heavy (non-hydrogen) atoms. The monoisotopic (exact) mass is 845 g/mol. The maximum atomic E-state index is 12.8. The van der Waals surface area contributed by atoms with Crippen molar-refractivity contribution in [2.75, 3.05) is 44.3 Å². The van der Waals surface area contributed by atoms with E-state index in [0.717, 1.165) is 19.5 Å². The number of nitrogens with two attached hydrogens (primary N) is 1. The average molecular weight is 845 g/mol. The highest BCUT2D eigenvalue weighted by molar-refractivity contribution is 7.91. The molecule has 11 heteroatoms. The van der Waals surface area contributed by atoms with Crippen molar-refractivity contribution in [3.05, 3.63) is 59.3 Å². The molecule has 0 bridgehead atoms. The van der Waals surface area contributed by atoms with Crippen LogP contribution in [0.5, 0.6) is 5.88 Å². The number of nitrogens with zero attached hydrogens (tertiary/aromatic N) is 2. The molecule has 4 N–H and O–H groups in total. The number of carboxylic acids is 1. The number of ether oxygens (including phenoxy) is 1. The Morgan fingerprint density at radius 2 is 1.72 bits per heavy atom. The van der Waals surface area contributed by atoms with Crippen molar-refractivity contribution in [3.63, 3.8) is 0 Å². The van der Waals surface area contributed by atoms with E-state index in [1.54, 1.807) is 12.1 Å². The highest BCUT2D eigenvalue weighted by Crippen LogP contribution is 2.76. The molecular weight excluding hydrogens is 773 g/mol. The average Bonchev–Trinajstić information content (AvgIpc) is 3.58. The number of amides is 1. The molecule has 1 aromatic rings. The predicted octanol–water partition coefficient (Wildman–Crippen LogP) is 8.01. The van der Waals surface area contributed by atoms with Crippen molar-refractivity contribution in [1.29, 1.82) is 0 Å². The topological polar surface area (TPSA) is 152 Å². The van der Waals surface area contributed by atoms with E-state index in [1.165, 1.54) is 74.3 Å². The van der Waals surface area contributed by atoms with Crippen molar-refractivity contribution in [2.24, 2.45) is 62.4 Å². The van der Waals surface area contributed by atoms with E-state index >= 15 is 0 Å². The van der Waals surface area contributed by atoms with Gasteiger partial charge in [0.1, 0.15) is 17.6 Å². The number of aliphatic carboxylic acids is 1. The van der Waals surface area contributed by atoms with Crippen LogP contribution in [0.4, 0.5) is 0 Å². The lowest BCUT2D eigenvalue weighted by atomic mass is 9.33. The summed E-state index contributed by atoms with van der Waals surface area (Å²) < 4.78 is 30.1. The number of carboxylic acid groups (broad SMARTS) is 1. The van der Waals surface area contributed by atoms with Crippen LogP contribution in [0.3, 0.4) is 0 Å². The minimum atomic E-state index is -2.89. The molecule has 1 amide bonds. The van der Waals surface area contributed by atoms with Crippen molar-refractivity contribution < 1.29 is 27.9 Å². The first-order valence-corrected chi connectivity index (χ1v) is 24.9. The van der Waals surface area contributed by atoms with Gasteiger partial charge >= 0.3 is 5.97 Å². The summed E-state index contributed by atoms with van der Waals surface area (Å²) in [5.74, 6) is 1.99. The highest BCUT2D eigenvalue weighted by atomic mass is 32.2. The van der Waals surface area contributed by atoms with E-state index in [1.807, 2.05) is 0 Å². The molecule has 2 heterocycles. The molecule has 4 saturated carbocycles. The van der Waals surface area contributed by atoms with Gasteiger partial charge in [-0.05, 0) is 159 Å². The van der Waals surface area contributed by atoms with Crippen molar-refractivity contribution in [2.45, 2.75) is 124 Å². The Bertz CT molecular complexity index is 2070. The molecule has 0 aromatic carbocycles. The molecule has 1 aromatic heterocycles.